The summed E-state index contributed by atoms with van der Waals surface area (Å²) in [6, 6.07) is -1.87. The van der Waals surface area contributed by atoms with E-state index in [1.165, 1.54) is 7.11 Å². The number of tetrazole rings is 1. The minimum Gasteiger partial charge on any atom is -0.467 e. The van der Waals surface area contributed by atoms with Gasteiger partial charge in [-0.15, -0.1) is 14.8 Å². The van der Waals surface area contributed by atoms with Crippen molar-refractivity contribution in [3.05, 3.63) is 10.7 Å². The molecule has 0 bridgehead atoms. The maximum absolute atomic E-state index is 12.7. The number of anilines is 1. The summed E-state index contributed by atoms with van der Waals surface area (Å²) in [6.45, 7) is 2.77. The van der Waals surface area contributed by atoms with Gasteiger partial charge in [0.25, 0.3) is 0 Å². The van der Waals surface area contributed by atoms with E-state index >= 15 is 0 Å². The zero-order valence-electron chi connectivity index (χ0n) is 17.4. The van der Waals surface area contributed by atoms with E-state index in [-0.39, 0.29) is 17.2 Å². The second-order valence-electron chi connectivity index (χ2n) is 8.32. The topological polar surface area (TPSA) is 190 Å². The summed E-state index contributed by atoms with van der Waals surface area (Å²) in [5, 5.41) is 69.2. The molecule has 2 aliphatic heterocycles. The fourth-order valence-corrected chi connectivity index (χ4v) is 4.95. The standard InChI is InChI=1S/C17H24ClN7O7/c1-17(2)9-10(14(18)20-25-15(9)19-21-22-25)23-7(16(31)32-3)4-6(24(17)23)11(28)13(30)12(29)8(27)5-26/h6-8,11-13,26-30H,4-5H2,1-3H3/t6-,7-,8+,11-,12-,13+/m0/s1. The van der Waals surface area contributed by atoms with E-state index < -0.39 is 54.6 Å². The van der Waals surface area contributed by atoms with Crippen molar-refractivity contribution in [3.63, 3.8) is 0 Å². The molecule has 1 fully saturated rings. The van der Waals surface area contributed by atoms with Crippen molar-refractivity contribution in [1.29, 1.82) is 0 Å². The van der Waals surface area contributed by atoms with Crippen molar-refractivity contribution in [2.24, 2.45) is 0 Å². The lowest BCUT2D eigenvalue weighted by Gasteiger charge is -2.40. The van der Waals surface area contributed by atoms with Crippen molar-refractivity contribution in [2.75, 3.05) is 18.7 Å². The molecule has 15 heteroatoms. The van der Waals surface area contributed by atoms with Crippen LogP contribution in [0.25, 0.3) is 5.65 Å². The van der Waals surface area contributed by atoms with Crippen LogP contribution in [0.1, 0.15) is 25.8 Å². The molecule has 0 aromatic carbocycles. The van der Waals surface area contributed by atoms with Crippen LogP contribution in [0.3, 0.4) is 0 Å². The van der Waals surface area contributed by atoms with Crippen LogP contribution in [0.4, 0.5) is 5.69 Å². The van der Waals surface area contributed by atoms with Gasteiger partial charge in [0.15, 0.2) is 5.15 Å². The molecular formula is C17H24ClN7O7. The van der Waals surface area contributed by atoms with Gasteiger partial charge in [0.1, 0.15) is 30.0 Å². The third kappa shape index (κ3) is 3.14. The molecule has 2 aromatic heterocycles. The Balaban J connectivity index is 1.84. The molecule has 4 rings (SSSR count). The Bertz CT molecular complexity index is 1040. The quantitative estimate of drug-likeness (QED) is 0.270. The SMILES string of the molecule is COC(=O)[C@@H]1C[C@@H]([C@H](O)[C@@H](O)[C@@H](O)[C@H](O)CO)N2N1c1c(Cl)nn3nnnc3c1C2(C)C. The molecule has 2 aromatic rings. The summed E-state index contributed by atoms with van der Waals surface area (Å²) < 4.78 is 6.10. The van der Waals surface area contributed by atoms with Crippen LogP contribution in [0.2, 0.25) is 5.15 Å². The minimum absolute atomic E-state index is 0.00214. The number of aliphatic hydroxyl groups is 5. The van der Waals surface area contributed by atoms with Crippen LogP contribution in [0.15, 0.2) is 0 Å². The van der Waals surface area contributed by atoms with Crippen LogP contribution in [0, 0.1) is 0 Å². The van der Waals surface area contributed by atoms with Gasteiger partial charge in [-0.2, -0.15) is 0 Å². The Morgan fingerprint density at radius 3 is 2.59 bits per heavy atom. The Morgan fingerprint density at radius 2 is 1.97 bits per heavy atom. The molecule has 14 nitrogen and oxygen atoms in total. The summed E-state index contributed by atoms with van der Waals surface area (Å²) in [7, 11) is 1.22. The zero-order chi connectivity index (χ0) is 23.5. The lowest BCUT2D eigenvalue weighted by atomic mass is 9.89. The van der Waals surface area contributed by atoms with E-state index in [1.54, 1.807) is 23.9 Å². The van der Waals surface area contributed by atoms with Crippen LogP contribution >= 0.6 is 11.6 Å². The normalized spacial score (nSPS) is 26.0. The van der Waals surface area contributed by atoms with E-state index in [1.807, 2.05) is 0 Å². The summed E-state index contributed by atoms with van der Waals surface area (Å²) in [5.74, 6) is -0.616. The van der Waals surface area contributed by atoms with Gasteiger partial charge >= 0.3 is 5.97 Å². The van der Waals surface area contributed by atoms with Crippen molar-refractivity contribution in [2.45, 2.75) is 62.3 Å². The van der Waals surface area contributed by atoms with Crippen LogP contribution in [-0.4, -0.2) is 112 Å². The summed E-state index contributed by atoms with van der Waals surface area (Å²) in [5.41, 5.74) is 0.234. The number of hydrogen-bond acceptors (Lipinski definition) is 13. The number of ether oxygens (including phenoxy) is 1. The van der Waals surface area contributed by atoms with Gasteiger partial charge in [-0.05, 0) is 24.3 Å². The van der Waals surface area contributed by atoms with Gasteiger partial charge in [-0.3, -0.25) is 5.01 Å². The first-order valence-electron chi connectivity index (χ1n) is 9.84. The van der Waals surface area contributed by atoms with E-state index in [0.29, 0.717) is 11.3 Å². The van der Waals surface area contributed by atoms with E-state index in [4.69, 9.17) is 21.4 Å². The van der Waals surface area contributed by atoms with Gasteiger partial charge < -0.3 is 30.3 Å². The van der Waals surface area contributed by atoms with E-state index in [2.05, 4.69) is 20.6 Å². The fraction of sp³-hybridized carbons (Fsp3) is 0.706. The molecule has 1 saturated heterocycles. The average molecular weight is 474 g/mol. The first kappa shape index (κ1) is 23.0. The van der Waals surface area contributed by atoms with Gasteiger partial charge in [-0.1, -0.05) is 11.6 Å². The molecule has 2 aliphatic rings. The molecular weight excluding hydrogens is 450 g/mol. The molecule has 4 heterocycles. The highest BCUT2D eigenvalue weighted by atomic mass is 35.5. The monoisotopic (exact) mass is 473 g/mol. The summed E-state index contributed by atoms with van der Waals surface area (Å²) in [4.78, 5) is 12.7. The van der Waals surface area contributed by atoms with Crippen LogP contribution < -0.4 is 5.01 Å². The van der Waals surface area contributed by atoms with Crippen molar-refractivity contribution in [1.82, 2.24) is 30.3 Å². The maximum atomic E-state index is 12.7. The number of rotatable bonds is 6. The number of hydrogen-bond donors (Lipinski definition) is 5. The molecule has 6 atom stereocenters. The molecule has 0 radical (unpaired) electrons. The van der Waals surface area contributed by atoms with Gasteiger partial charge in [0.05, 0.1) is 37.0 Å². The maximum Gasteiger partial charge on any atom is 0.330 e. The lowest BCUT2D eigenvalue weighted by Crippen LogP contribution is -2.57. The Hall–Kier alpha value is -2.20. The molecule has 5 N–H and O–H groups in total. The summed E-state index contributed by atoms with van der Waals surface area (Å²) in [6.07, 6.45) is -6.95. The summed E-state index contributed by atoms with van der Waals surface area (Å²) >= 11 is 6.45. The molecule has 32 heavy (non-hydrogen) atoms. The second-order valence-corrected chi connectivity index (χ2v) is 8.68. The Labute approximate surface area is 186 Å². The van der Waals surface area contributed by atoms with E-state index in [9.17, 15) is 25.2 Å². The number of carbonyl (C=O) groups excluding carboxylic acids is 1. The number of halogens is 1. The number of fused-ring (bicyclic) bond motifs is 5. The minimum atomic E-state index is -1.83. The molecule has 0 spiro atoms. The first-order chi connectivity index (χ1) is 15.1. The largest absolute Gasteiger partial charge is 0.467 e. The molecule has 0 unspecified atom stereocenters. The van der Waals surface area contributed by atoms with Crippen LogP contribution in [0.5, 0.6) is 0 Å². The predicted molar refractivity (Wildman–Crippen MR) is 106 cm³/mol. The van der Waals surface area contributed by atoms with Crippen molar-refractivity contribution >= 4 is 28.9 Å². The highest BCUT2D eigenvalue weighted by molar-refractivity contribution is 6.32. The highest BCUT2D eigenvalue weighted by Crippen LogP contribution is 2.54. The molecule has 176 valence electrons. The smallest absolute Gasteiger partial charge is 0.330 e. The van der Waals surface area contributed by atoms with Crippen LogP contribution in [-0.2, 0) is 15.1 Å². The predicted octanol–water partition coefficient (Wildman–Crippen LogP) is -2.81. The number of hydrazine groups is 1. The average Bonchev–Trinajstić information content (AvgIpc) is 3.44. The molecule has 0 amide bonds. The lowest BCUT2D eigenvalue weighted by molar-refractivity contribution is -0.142. The number of aliphatic hydroxyl groups excluding tert-OH is 5. The zero-order valence-corrected chi connectivity index (χ0v) is 18.2. The number of esters is 1. The Kier molecular flexibility index (Phi) is 5.73. The number of aromatic nitrogens is 5. The highest BCUT2D eigenvalue weighted by Gasteiger charge is 2.60. The first-order valence-corrected chi connectivity index (χ1v) is 10.2. The molecule has 0 aliphatic carbocycles. The fourth-order valence-electron chi connectivity index (χ4n) is 4.69. The van der Waals surface area contributed by atoms with Gasteiger partial charge in [-0.25, -0.2) is 9.80 Å². The number of nitrogens with zero attached hydrogens (tertiary/aromatic N) is 7. The third-order valence-electron chi connectivity index (χ3n) is 6.16. The van der Waals surface area contributed by atoms with Gasteiger partial charge in [0.2, 0.25) is 5.65 Å². The van der Waals surface area contributed by atoms with E-state index in [0.717, 1.165) is 4.63 Å². The number of methoxy groups -OCH3 is 1. The Morgan fingerprint density at radius 1 is 1.28 bits per heavy atom. The molecule has 0 saturated carbocycles. The number of carbonyl (C=O) groups is 1. The third-order valence-corrected chi connectivity index (χ3v) is 6.42. The van der Waals surface area contributed by atoms with Gasteiger partial charge in [0, 0.05) is 6.42 Å². The van der Waals surface area contributed by atoms with Crippen molar-refractivity contribution in [3.8, 4) is 0 Å². The van der Waals surface area contributed by atoms with Crippen molar-refractivity contribution < 1.29 is 35.1 Å². The second kappa shape index (κ2) is 7.98.